The second-order valence-corrected chi connectivity index (χ2v) is 5.31. The van der Waals surface area contributed by atoms with Crippen LogP contribution >= 0.6 is 0 Å². The molecule has 0 heteroatoms. The Kier molecular flexibility index (Phi) is 8.57. The van der Waals surface area contributed by atoms with E-state index in [1.165, 1.54) is 33.4 Å². The maximum atomic E-state index is 2.26. The molecule has 0 aromatic heterocycles. The van der Waals surface area contributed by atoms with Crippen LogP contribution in [0.1, 0.15) is 38.8 Å². The number of hydrogen-bond acceptors (Lipinski definition) is 0. The number of aryl methyl sites for hydroxylation is 2. The van der Waals surface area contributed by atoms with E-state index in [0.717, 1.165) is 0 Å². The van der Waals surface area contributed by atoms with Crippen LogP contribution in [0, 0.1) is 13.8 Å². The lowest BCUT2D eigenvalue weighted by molar-refractivity contribution is 1.46. The van der Waals surface area contributed by atoms with Crippen molar-refractivity contribution in [3.8, 4) is 22.3 Å². The molecule has 0 nitrogen and oxygen atoms in total. The third-order valence-electron chi connectivity index (χ3n) is 3.63. The topological polar surface area (TPSA) is 0 Å². The molecule has 0 saturated carbocycles. The van der Waals surface area contributed by atoms with E-state index in [-0.39, 0.29) is 0 Å². The molecule has 126 valence electrons. The molecule has 0 saturated heterocycles. The van der Waals surface area contributed by atoms with Gasteiger partial charge in [0, 0.05) is 0 Å². The molecule has 3 aromatic rings. The van der Waals surface area contributed by atoms with Crippen LogP contribution in [0.5, 0.6) is 0 Å². The van der Waals surface area contributed by atoms with Crippen molar-refractivity contribution in [1.82, 2.24) is 0 Å². The Morgan fingerprint density at radius 1 is 0.417 bits per heavy atom. The molecule has 0 aliphatic heterocycles. The van der Waals surface area contributed by atoms with Gasteiger partial charge in [-0.3, -0.25) is 0 Å². The van der Waals surface area contributed by atoms with Gasteiger partial charge >= 0.3 is 0 Å². The Labute approximate surface area is 148 Å². The van der Waals surface area contributed by atoms with Crippen molar-refractivity contribution in [1.29, 1.82) is 0 Å². The van der Waals surface area contributed by atoms with Gasteiger partial charge in [-0.25, -0.2) is 0 Å². The Bertz CT molecular complexity index is 643. The molecule has 0 bridgehead atoms. The van der Waals surface area contributed by atoms with Crippen LogP contribution in [-0.4, -0.2) is 0 Å². The molecule has 0 unspecified atom stereocenters. The number of rotatable bonds is 2. The van der Waals surface area contributed by atoms with E-state index < -0.39 is 0 Å². The monoisotopic (exact) mass is 318 g/mol. The smallest absolute Gasteiger partial charge is 0.0178 e. The molecule has 0 radical (unpaired) electrons. The third-order valence-corrected chi connectivity index (χ3v) is 3.63. The summed E-state index contributed by atoms with van der Waals surface area (Å²) in [5.74, 6) is 0. The summed E-state index contributed by atoms with van der Waals surface area (Å²) in [5, 5.41) is 0. The summed E-state index contributed by atoms with van der Waals surface area (Å²) in [6, 6.07) is 26.1. The fourth-order valence-corrected chi connectivity index (χ4v) is 2.37. The maximum Gasteiger partial charge on any atom is -0.0178 e. The lowest BCUT2D eigenvalue weighted by atomic mass is 9.98. The molecule has 0 spiro atoms. The largest absolute Gasteiger partial charge is 0.0683 e. The van der Waals surface area contributed by atoms with E-state index >= 15 is 0 Å². The zero-order chi connectivity index (χ0) is 17.9. The Hall–Kier alpha value is -2.34. The summed E-state index contributed by atoms with van der Waals surface area (Å²) in [5.41, 5.74) is 7.66. The highest BCUT2D eigenvalue weighted by atomic mass is 14.1. The van der Waals surface area contributed by atoms with Crippen molar-refractivity contribution >= 4 is 0 Å². The van der Waals surface area contributed by atoms with E-state index in [1.54, 1.807) is 0 Å². The van der Waals surface area contributed by atoms with Gasteiger partial charge in [0.25, 0.3) is 0 Å². The first-order valence-electron chi connectivity index (χ1n) is 8.96. The SMILES string of the molecule is CC.CC.Cc1ccc(-c2cccc(-c3ccc(C)cc3)c2)cc1. The highest BCUT2D eigenvalue weighted by Crippen LogP contribution is 2.26. The quantitative estimate of drug-likeness (QED) is 0.454. The van der Waals surface area contributed by atoms with Gasteiger partial charge in [0.05, 0.1) is 0 Å². The molecule has 0 heterocycles. The minimum atomic E-state index is 1.27. The second kappa shape index (κ2) is 10.4. The van der Waals surface area contributed by atoms with Crippen LogP contribution in [0.25, 0.3) is 22.3 Å². The zero-order valence-electron chi connectivity index (χ0n) is 15.9. The van der Waals surface area contributed by atoms with Crippen LogP contribution < -0.4 is 0 Å². The van der Waals surface area contributed by atoms with Crippen molar-refractivity contribution in [3.05, 3.63) is 83.9 Å². The average Bonchev–Trinajstić information content (AvgIpc) is 2.66. The average molecular weight is 319 g/mol. The van der Waals surface area contributed by atoms with Crippen molar-refractivity contribution in [2.24, 2.45) is 0 Å². The van der Waals surface area contributed by atoms with E-state index in [4.69, 9.17) is 0 Å². The van der Waals surface area contributed by atoms with E-state index in [1.807, 2.05) is 27.7 Å². The minimum Gasteiger partial charge on any atom is -0.0683 e. The second-order valence-electron chi connectivity index (χ2n) is 5.31. The molecule has 0 fully saturated rings. The van der Waals surface area contributed by atoms with E-state index in [9.17, 15) is 0 Å². The summed E-state index contributed by atoms with van der Waals surface area (Å²) in [7, 11) is 0. The molecule has 0 N–H and O–H groups in total. The van der Waals surface area contributed by atoms with Crippen LogP contribution in [0.15, 0.2) is 72.8 Å². The van der Waals surface area contributed by atoms with Crippen molar-refractivity contribution in [2.45, 2.75) is 41.5 Å². The van der Waals surface area contributed by atoms with E-state index in [0.29, 0.717) is 0 Å². The van der Waals surface area contributed by atoms with Gasteiger partial charge in [0.2, 0.25) is 0 Å². The van der Waals surface area contributed by atoms with E-state index in [2.05, 4.69) is 86.6 Å². The van der Waals surface area contributed by atoms with Gasteiger partial charge in [-0.2, -0.15) is 0 Å². The van der Waals surface area contributed by atoms with Crippen molar-refractivity contribution < 1.29 is 0 Å². The highest BCUT2D eigenvalue weighted by molar-refractivity contribution is 5.73. The molecule has 0 amide bonds. The van der Waals surface area contributed by atoms with Gasteiger partial charge < -0.3 is 0 Å². The van der Waals surface area contributed by atoms with Gasteiger partial charge in [0.15, 0.2) is 0 Å². The van der Waals surface area contributed by atoms with Gasteiger partial charge in [-0.15, -0.1) is 0 Å². The lowest BCUT2D eigenvalue weighted by Crippen LogP contribution is -1.82. The summed E-state index contributed by atoms with van der Waals surface area (Å²) < 4.78 is 0. The number of hydrogen-bond donors (Lipinski definition) is 0. The third kappa shape index (κ3) is 5.38. The van der Waals surface area contributed by atoms with Gasteiger partial charge in [-0.05, 0) is 42.2 Å². The van der Waals surface area contributed by atoms with Gasteiger partial charge in [-0.1, -0.05) is 106 Å². The number of benzene rings is 3. The van der Waals surface area contributed by atoms with Crippen molar-refractivity contribution in [2.75, 3.05) is 0 Å². The highest BCUT2D eigenvalue weighted by Gasteiger charge is 2.01. The molecular weight excluding hydrogens is 288 g/mol. The molecule has 0 aliphatic rings. The summed E-state index contributed by atoms with van der Waals surface area (Å²) >= 11 is 0. The van der Waals surface area contributed by atoms with Crippen LogP contribution in [0.2, 0.25) is 0 Å². The molecule has 3 rings (SSSR count). The molecule has 0 atom stereocenters. The Morgan fingerprint density at radius 3 is 1.08 bits per heavy atom. The summed E-state index contributed by atoms with van der Waals surface area (Å²) in [6.45, 7) is 12.2. The molecular formula is C24H30. The van der Waals surface area contributed by atoms with Crippen LogP contribution in [0.3, 0.4) is 0 Å². The zero-order valence-corrected chi connectivity index (χ0v) is 15.9. The summed E-state index contributed by atoms with van der Waals surface area (Å²) in [6.07, 6.45) is 0. The summed E-state index contributed by atoms with van der Waals surface area (Å²) in [4.78, 5) is 0. The lowest BCUT2D eigenvalue weighted by Gasteiger charge is -2.07. The van der Waals surface area contributed by atoms with Gasteiger partial charge in [0.1, 0.15) is 0 Å². The first kappa shape index (κ1) is 19.7. The molecule has 24 heavy (non-hydrogen) atoms. The van der Waals surface area contributed by atoms with Crippen LogP contribution in [0.4, 0.5) is 0 Å². The fraction of sp³-hybridized carbons (Fsp3) is 0.250. The first-order valence-corrected chi connectivity index (χ1v) is 8.96. The predicted molar refractivity (Wildman–Crippen MR) is 109 cm³/mol. The predicted octanol–water partition coefficient (Wildman–Crippen LogP) is 7.69. The minimum absolute atomic E-state index is 1.27. The first-order chi connectivity index (χ1) is 11.7. The van der Waals surface area contributed by atoms with Crippen LogP contribution in [-0.2, 0) is 0 Å². The molecule has 0 aliphatic carbocycles. The Morgan fingerprint density at radius 2 is 0.750 bits per heavy atom. The fourth-order valence-electron chi connectivity index (χ4n) is 2.37. The Balaban J connectivity index is 0.000000671. The molecule has 3 aromatic carbocycles. The standard InChI is InChI=1S/C20H18.2C2H6/c1-15-6-10-17(11-7-15)19-4-3-5-20(14-19)18-12-8-16(2)9-13-18;2*1-2/h3-14H,1-2H3;2*1-2H3. The maximum absolute atomic E-state index is 2.26. The normalized spacial score (nSPS) is 9.25. The van der Waals surface area contributed by atoms with Crippen molar-refractivity contribution in [3.63, 3.8) is 0 Å².